The van der Waals surface area contributed by atoms with Crippen molar-refractivity contribution in [1.82, 2.24) is 4.72 Å². The van der Waals surface area contributed by atoms with Crippen LogP contribution in [0.15, 0.2) is 34.2 Å². The molecule has 1 atom stereocenters. The Morgan fingerprint density at radius 1 is 1.21 bits per heavy atom. The molecule has 132 valence electrons. The summed E-state index contributed by atoms with van der Waals surface area (Å²) in [6.07, 6.45) is 4.42. The first kappa shape index (κ1) is 18.4. The van der Waals surface area contributed by atoms with Gasteiger partial charge in [-0.3, -0.25) is 14.5 Å². The number of aliphatic imine (C=N–C) groups is 1. The second kappa shape index (κ2) is 8.28. The molecule has 0 aliphatic carbocycles. The van der Waals surface area contributed by atoms with Gasteiger partial charge in [-0.25, -0.2) is 8.42 Å². The van der Waals surface area contributed by atoms with E-state index in [2.05, 4.69) is 15.0 Å². The number of carbonyl (C=O) groups is 1. The molecule has 1 aromatic carbocycles. The van der Waals surface area contributed by atoms with Crippen LogP contribution in [0, 0.1) is 5.92 Å². The van der Waals surface area contributed by atoms with Crippen LogP contribution in [-0.2, 0) is 14.8 Å². The molecule has 1 aromatic rings. The summed E-state index contributed by atoms with van der Waals surface area (Å²) in [6.45, 7) is 4.46. The van der Waals surface area contributed by atoms with E-state index in [9.17, 15) is 13.2 Å². The predicted octanol–water partition coefficient (Wildman–Crippen LogP) is 2.92. The Morgan fingerprint density at radius 3 is 2.58 bits per heavy atom. The number of benzene rings is 1. The largest absolute Gasteiger partial charge is 0.326 e. The van der Waals surface area contributed by atoms with Crippen molar-refractivity contribution in [1.29, 1.82) is 0 Å². The van der Waals surface area contributed by atoms with Gasteiger partial charge in [-0.05, 0) is 43.5 Å². The van der Waals surface area contributed by atoms with Gasteiger partial charge in [0.15, 0.2) is 0 Å². The average molecular weight is 351 g/mol. The summed E-state index contributed by atoms with van der Waals surface area (Å²) in [7, 11) is -3.64. The lowest BCUT2D eigenvalue weighted by Crippen LogP contribution is -2.30. The molecule has 24 heavy (non-hydrogen) atoms. The Labute approximate surface area is 143 Å². The molecule has 6 nitrogen and oxygen atoms in total. The summed E-state index contributed by atoms with van der Waals surface area (Å²) in [5, 5.41) is 2.78. The molecule has 7 heteroatoms. The fraction of sp³-hybridized carbons (Fsp3) is 0.529. The van der Waals surface area contributed by atoms with E-state index in [1.54, 1.807) is 12.1 Å². The highest BCUT2D eigenvalue weighted by atomic mass is 32.2. The van der Waals surface area contributed by atoms with Crippen LogP contribution in [-0.4, -0.2) is 26.7 Å². The Kier molecular flexibility index (Phi) is 6.36. The topological polar surface area (TPSA) is 87.6 Å². The van der Waals surface area contributed by atoms with E-state index < -0.39 is 10.0 Å². The third-order valence-electron chi connectivity index (χ3n) is 4.12. The molecule has 2 rings (SSSR count). The quantitative estimate of drug-likeness (QED) is 0.855. The van der Waals surface area contributed by atoms with E-state index in [1.165, 1.54) is 12.1 Å². The van der Waals surface area contributed by atoms with Crippen LogP contribution in [0.4, 0.5) is 5.69 Å². The van der Waals surface area contributed by atoms with Gasteiger partial charge in [-0.1, -0.05) is 20.3 Å². The maximum Gasteiger partial charge on any atom is 0.262 e. The number of sulfonamides is 1. The molecule has 1 aliphatic heterocycles. The molecule has 1 heterocycles. The van der Waals surface area contributed by atoms with Crippen molar-refractivity contribution in [3.05, 3.63) is 24.3 Å². The predicted molar refractivity (Wildman–Crippen MR) is 95.6 cm³/mol. The lowest BCUT2D eigenvalue weighted by molar-refractivity contribution is -0.119. The Hall–Kier alpha value is -1.89. The molecule has 0 aromatic heterocycles. The van der Waals surface area contributed by atoms with Crippen molar-refractivity contribution < 1.29 is 13.2 Å². The standard InChI is InChI=1S/C17H25N3O3S/c1-3-13(2)17(21)19-14-8-10-15(11-9-14)24(22,23)20-16-7-5-4-6-12-18-16/h8-11,13H,3-7,12H2,1-2H3,(H,18,20)(H,19,21). The Balaban J connectivity index is 2.05. The minimum atomic E-state index is -3.64. The maximum absolute atomic E-state index is 12.4. The number of amides is 1. The molecule has 2 N–H and O–H groups in total. The van der Waals surface area contributed by atoms with Crippen molar-refractivity contribution in [3.8, 4) is 0 Å². The molecule has 0 spiro atoms. The van der Waals surface area contributed by atoms with Crippen molar-refractivity contribution in [3.63, 3.8) is 0 Å². The highest BCUT2D eigenvalue weighted by molar-refractivity contribution is 7.90. The van der Waals surface area contributed by atoms with E-state index in [-0.39, 0.29) is 16.7 Å². The third kappa shape index (κ3) is 5.06. The van der Waals surface area contributed by atoms with E-state index >= 15 is 0 Å². The Morgan fingerprint density at radius 2 is 1.92 bits per heavy atom. The molecule has 0 saturated carbocycles. The second-order valence-corrected chi connectivity index (χ2v) is 7.75. The number of anilines is 1. The molecule has 0 bridgehead atoms. The number of rotatable bonds is 5. The van der Waals surface area contributed by atoms with Gasteiger partial charge in [0.05, 0.1) is 4.90 Å². The first-order valence-corrected chi connectivity index (χ1v) is 9.88. The summed E-state index contributed by atoms with van der Waals surface area (Å²) < 4.78 is 27.4. The van der Waals surface area contributed by atoms with Crippen molar-refractivity contribution in [2.75, 3.05) is 11.9 Å². The fourth-order valence-electron chi connectivity index (χ4n) is 2.34. The number of carbonyl (C=O) groups excluding carboxylic acids is 1. The molecule has 0 radical (unpaired) electrons. The molecule has 1 aliphatic rings. The lowest BCUT2D eigenvalue weighted by atomic mass is 10.1. The van der Waals surface area contributed by atoms with E-state index in [4.69, 9.17) is 0 Å². The summed E-state index contributed by atoms with van der Waals surface area (Å²) in [4.78, 5) is 16.3. The van der Waals surface area contributed by atoms with Gasteiger partial charge < -0.3 is 5.32 Å². The van der Waals surface area contributed by atoms with E-state index in [0.717, 1.165) is 25.7 Å². The SMILES string of the molecule is CCC(C)C(=O)Nc1ccc(S(=O)(=O)NC2=NCCCCC2)cc1. The second-order valence-electron chi connectivity index (χ2n) is 6.07. The van der Waals surface area contributed by atoms with Crippen LogP contribution in [0.25, 0.3) is 0 Å². The number of hydrogen-bond donors (Lipinski definition) is 2. The van der Waals surface area contributed by atoms with Crippen molar-refractivity contribution in [2.45, 2.75) is 50.8 Å². The summed E-state index contributed by atoms with van der Waals surface area (Å²) >= 11 is 0. The van der Waals surface area contributed by atoms with Crippen LogP contribution in [0.5, 0.6) is 0 Å². The lowest BCUT2D eigenvalue weighted by Gasteiger charge is -2.12. The van der Waals surface area contributed by atoms with Crippen LogP contribution >= 0.6 is 0 Å². The van der Waals surface area contributed by atoms with Crippen LogP contribution in [0.2, 0.25) is 0 Å². The minimum absolute atomic E-state index is 0.0703. The number of amidine groups is 1. The third-order valence-corrected chi connectivity index (χ3v) is 5.52. The zero-order valence-electron chi connectivity index (χ0n) is 14.2. The Bertz CT molecular complexity index is 696. The van der Waals surface area contributed by atoms with E-state index in [1.807, 2.05) is 13.8 Å². The fourth-order valence-corrected chi connectivity index (χ4v) is 3.43. The van der Waals surface area contributed by atoms with Gasteiger partial charge in [0, 0.05) is 24.6 Å². The number of nitrogens with one attached hydrogen (secondary N) is 2. The van der Waals surface area contributed by atoms with Gasteiger partial charge in [0.2, 0.25) is 5.91 Å². The smallest absolute Gasteiger partial charge is 0.262 e. The van der Waals surface area contributed by atoms with Gasteiger partial charge in [0.1, 0.15) is 5.84 Å². The molecule has 1 amide bonds. The monoisotopic (exact) mass is 351 g/mol. The van der Waals surface area contributed by atoms with Crippen LogP contribution < -0.4 is 10.0 Å². The zero-order valence-corrected chi connectivity index (χ0v) is 15.0. The normalized spacial score (nSPS) is 16.7. The first-order chi connectivity index (χ1) is 11.4. The average Bonchev–Trinajstić information content (AvgIpc) is 2.82. The molecular formula is C17H25N3O3S. The van der Waals surface area contributed by atoms with E-state index in [0.29, 0.717) is 24.5 Å². The van der Waals surface area contributed by atoms with Gasteiger partial charge >= 0.3 is 0 Å². The zero-order chi connectivity index (χ0) is 17.6. The van der Waals surface area contributed by atoms with Gasteiger partial charge in [-0.15, -0.1) is 0 Å². The van der Waals surface area contributed by atoms with Crippen LogP contribution in [0.1, 0.15) is 46.0 Å². The van der Waals surface area contributed by atoms with Gasteiger partial charge in [0.25, 0.3) is 10.0 Å². The summed E-state index contributed by atoms with van der Waals surface area (Å²) in [5.74, 6) is 0.379. The number of hydrogen-bond acceptors (Lipinski definition) is 4. The van der Waals surface area contributed by atoms with Crippen molar-refractivity contribution in [2.24, 2.45) is 10.9 Å². The highest BCUT2D eigenvalue weighted by Crippen LogP contribution is 2.16. The molecule has 0 saturated heterocycles. The molecule has 0 fully saturated rings. The molecule has 1 unspecified atom stereocenters. The minimum Gasteiger partial charge on any atom is -0.326 e. The van der Waals surface area contributed by atoms with Crippen molar-refractivity contribution >= 4 is 27.5 Å². The number of nitrogens with zero attached hydrogens (tertiary/aromatic N) is 1. The summed E-state index contributed by atoms with van der Waals surface area (Å²) in [6, 6.07) is 6.19. The highest BCUT2D eigenvalue weighted by Gasteiger charge is 2.17. The summed E-state index contributed by atoms with van der Waals surface area (Å²) in [5.41, 5.74) is 0.589. The molecular weight excluding hydrogens is 326 g/mol. The van der Waals surface area contributed by atoms with Crippen LogP contribution in [0.3, 0.4) is 0 Å². The maximum atomic E-state index is 12.4. The van der Waals surface area contributed by atoms with Gasteiger partial charge in [-0.2, -0.15) is 0 Å². The first-order valence-electron chi connectivity index (χ1n) is 8.39.